The minimum absolute atomic E-state index is 0.0474. The standard InChI is InChI=1S/C25H26N4O2S/c1-16-9-18(3-6-22(16)28-12-17(2)26-15-28)10-20-11-21(19-4-5-19)13-29(25(20)31)23(14-30)24-7-8-27-32-24/h3,6-9,11-13,15,19,23,30H,4-5,10,14H2,1-2H3/t23-/m0/s1. The van der Waals surface area contributed by atoms with Gasteiger partial charge in [-0.25, -0.2) is 9.36 Å². The van der Waals surface area contributed by atoms with Crippen LogP contribution < -0.4 is 5.56 Å². The molecule has 3 heterocycles. The van der Waals surface area contributed by atoms with Gasteiger partial charge >= 0.3 is 0 Å². The zero-order valence-corrected chi connectivity index (χ0v) is 19.0. The summed E-state index contributed by atoms with van der Waals surface area (Å²) in [5.74, 6) is 0.509. The Morgan fingerprint density at radius 2 is 2.03 bits per heavy atom. The summed E-state index contributed by atoms with van der Waals surface area (Å²) in [4.78, 5) is 18.7. The second kappa shape index (κ2) is 8.48. The van der Waals surface area contributed by atoms with E-state index >= 15 is 0 Å². The Labute approximate surface area is 191 Å². The summed E-state index contributed by atoms with van der Waals surface area (Å²) in [6.45, 7) is 3.93. The molecule has 32 heavy (non-hydrogen) atoms. The zero-order valence-electron chi connectivity index (χ0n) is 18.2. The highest BCUT2D eigenvalue weighted by Crippen LogP contribution is 2.40. The summed E-state index contributed by atoms with van der Waals surface area (Å²) in [5, 5.41) is 10.1. The largest absolute Gasteiger partial charge is 0.394 e. The lowest BCUT2D eigenvalue weighted by atomic mass is 10.0. The predicted octanol–water partition coefficient (Wildman–Crippen LogP) is 4.16. The molecular formula is C25H26N4O2S. The van der Waals surface area contributed by atoms with Crippen LogP contribution >= 0.6 is 11.5 Å². The summed E-state index contributed by atoms with van der Waals surface area (Å²) in [6, 6.07) is 9.86. The molecule has 1 aliphatic carbocycles. The van der Waals surface area contributed by atoms with Crippen molar-refractivity contribution in [3.8, 4) is 5.69 Å². The van der Waals surface area contributed by atoms with Crippen molar-refractivity contribution >= 4 is 11.5 Å². The van der Waals surface area contributed by atoms with Crippen LogP contribution in [0.25, 0.3) is 5.69 Å². The molecular weight excluding hydrogens is 420 g/mol. The van der Waals surface area contributed by atoms with E-state index in [0.717, 1.165) is 45.8 Å². The Balaban J connectivity index is 1.51. The molecule has 3 aromatic heterocycles. The molecule has 0 unspecified atom stereocenters. The molecule has 1 atom stereocenters. The predicted molar refractivity (Wildman–Crippen MR) is 126 cm³/mol. The van der Waals surface area contributed by atoms with E-state index in [1.807, 2.05) is 36.3 Å². The van der Waals surface area contributed by atoms with Crippen LogP contribution in [0.5, 0.6) is 0 Å². The number of nitrogens with zero attached hydrogens (tertiary/aromatic N) is 4. The van der Waals surface area contributed by atoms with Crippen LogP contribution in [-0.2, 0) is 6.42 Å². The third kappa shape index (κ3) is 4.06. The molecule has 7 heteroatoms. The molecule has 0 saturated heterocycles. The molecule has 0 bridgehead atoms. The van der Waals surface area contributed by atoms with Crippen LogP contribution in [0.3, 0.4) is 0 Å². The number of aryl methyl sites for hydroxylation is 2. The zero-order chi connectivity index (χ0) is 22.2. The van der Waals surface area contributed by atoms with Crippen LogP contribution in [0, 0.1) is 13.8 Å². The number of hydrogen-bond acceptors (Lipinski definition) is 5. The third-order valence-electron chi connectivity index (χ3n) is 6.13. The van der Waals surface area contributed by atoms with Crippen molar-refractivity contribution in [3.63, 3.8) is 0 Å². The lowest BCUT2D eigenvalue weighted by Crippen LogP contribution is -2.30. The van der Waals surface area contributed by atoms with E-state index in [4.69, 9.17) is 0 Å². The smallest absolute Gasteiger partial charge is 0.254 e. The molecule has 1 N–H and O–H groups in total. The molecule has 1 aromatic carbocycles. The summed E-state index contributed by atoms with van der Waals surface area (Å²) in [7, 11) is 0. The van der Waals surface area contributed by atoms with Gasteiger partial charge in [-0.2, -0.15) is 0 Å². The first-order valence-electron chi connectivity index (χ1n) is 10.9. The van der Waals surface area contributed by atoms with Crippen molar-refractivity contribution in [2.75, 3.05) is 6.61 Å². The van der Waals surface area contributed by atoms with Gasteiger partial charge in [-0.3, -0.25) is 4.79 Å². The molecule has 4 aromatic rings. The van der Waals surface area contributed by atoms with Crippen molar-refractivity contribution in [1.82, 2.24) is 18.5 Å². The first-order valence-corrected chi connectivity index (χ1v) is 11.7. The van der Waals surface area contributed by atoms with E-state index in [0.29, 0.717) is 12.3 Å². The van der Waals surface area contributed by atoms with Gasteiger partial charge in [0.15, 0.2) is 0 Å². The monoisotopic (exact) mass is 446 g/mol. The van der Waals surface area contributed by atoms with Crippen molar-refractivity contribution in [1.29, 1.82) is 0 Å². The maximum atomic E-state index is 13.5. The fourth-order valence-electron chi connectivity index (χ4n) is 4.29. The first-order chi connectivity index (χ1) is 15.5. The van der Waals surface area contributed by atoms with Gasteiger partial charge in [-0.05, 0) is 79.0 Å². The lowest BCUT2D eigenvalue weighted by molar-refractivity contribution is 0.248. The Bertz CT molecular complexity index is 1300. The second-order valence-electron chi connectivity index (χ2n) is 8.62. The number of aliphatic hydroxyl groups is 1. The number of pyridine rings is 1. The van der Waals surface area contributed by atoms with E-state index < -0.39 is 6.04 Å². The fourth-order valence-corrected chi connectivity index (χ4v) is 4.96. The summed E-state index contributed by atoms with van der Waals surface area (Å²) in [5.41, 5.74) is 6.20. The third-order valence-corrected chi connectivity index (χ3v) is 6.97. The van der Waals surface area contributed by atoms with E-state index in [2.05, 4.69) is 40.5 Å². The van der Waals surface area contributed by atoms with Crippen LogP contribution in [-0.4, -0.2) is 30.2 Å². The first kappa shape index (κ1) is 20.8. The maximum Gasteiger partial charge on any atom is 0.254 e. The molecule has 164 valence electrons. The Kier molecular flexibility index (Phi) is 5.53. The van der Waals surface area contributed by atoms with Gasteiger partial charge in [0.25, 0.3) is 5.56 Å². The van der Waals surface area contributed by atoms with Crippen molar-refractivity contribution in [2.24, 2.45) is 0 Å². The summed E-state index contributed by atoms with van der Waals surface area (Å²) < 4.78 is 7.90. The number of benzene rings is 1. The molecule has 0 aliphatic heterocycles. The summed E-state index contributed by atoms with van der Waals surface area (Å²) in [6.07, 6.45) is 10.4. The minimum Gasteiger partial charge on any atom is -0.394 e. The maximum absolute atomic E-state index is 13.5. The summed E-state index contributed by atoms with van der Waals surface area (Å²) >= 11 is 1.32. The number of imidazole rings is 1. The molecule has 6 nitrogen and oxygen atoms in total. The number of aliphatic hydroxyl groups excluding tert-OH is 1. The SMILES string of the molecule is Cc1cn(-c2ccc(Cc3cc(C4CC4)cn([C@@H](CO)c4ccns4)c3=O)cc2C)cn1. The van der Waals surface area contributed by atoms with Crippen LogP contribution in [0.4, 0.5) is 0 Å². The molecule has 0 amide bonds. The van der Waals surface area contributed by atoms with Gasteiger partial charge in [0, 0.05) is 36.3 Å². The van der Waals surface area contributed by atoms with E-state index in [1.54, 1.807) is 10.8 Å². The van der Waals surface area contributed by atoms with Crippen molar-refractivity contribution in [3.05, 3.63) is 98.4 Å². The Morgan fingerprint density at radius 1 is 1.19 bits per heavy atom. The Hall–Kier alpha value is -3.03. The molecule has 0 spiro atoms. The molecule has 5 rings (SSSR count). The van der Waals surface area contributed by atoms with Gasteiger partial charge in [-0.15, -0.1) is 0 Å². The van der Waals surface area contributed by atoms with Crippen LogP contribution in [0.2, 0.25) is 0 Å². The fraction of sp³-hybridized carbons (Fsp3) is 0.320. The Morgan fingerprint density at radius 3 is 2.66 bits per heavy atom. The lowest BCUT2D eigenvalue weighted by Gasteiger charge is -2.19. The van der Waals surface area contributed by atoms with Gasteiger partial charge in [0.1, 0.15) is 0 Å². The molecule has 1 saturated carbocycles. The van der Waals surface area contributed by atoms with E-state index in [9.17, 15) is 9.90 Å². The van der Waals surface area contributed by atoms with Crippen molar-refractivity contribution < 1.29 is 5.11 Å². The molecule has 1 fully saturated rings. The minimum atomic E-state index is -0.402. The average Bonchev–Trinajstić information content (AvgIpc) is 3.32. The van der Waals surface area contributed by atoms with Gasteiger partial charge in [0.05, 0.1) is 29.5 Å². The van der Waals surface area contributed by atoms with Crippen molar-refractivity contribution in [2.45, 2.75) is 45.1 Å². The highest BCUT2D eigenvalue weighted by molar-refractivity contribution is 7.05. The average molecular weight is 447 g/mol. The number of hydrogen-bond donors (Lipinski definition) is 1. The van der Waals surface area contributed by atoms with Crippen LogP contribution in [0.1, 0.15) is 57.6 Å². The number of rotatable bonds is 7. The van der Waals surface area contributed by atoms with E-state index in [1.165, 1.54) is 17.1 Å². The molecule has 1 aliphatic rings. The normalized spacial score (nSPS) is 14.6. The number of aromatic nitrogens is 4. The van der Waals surface area contributed by atoms with E-state index in [-0.39, 0.29) is 12.2 Å². The second-order valence-corrected chi connectivity index (χ2v) is 9.48. The molecule has 0 radical (unpaired) electrons. The van der Waals surface area contributed by atoms with Gasteiger partial charge in [0.2, 0.25) is 0 Å². The highest BCUT2D eigenvalue weighted by atomic mass is 32.1. The topological polar surface area (TPSA) is 72.9 Å². The quantitative estimate of drug-likeness (QED) is 0.463. The van der Waals surface area contributed by atoms with Gasteiger partial charge in [-0.1, -0.05) is 12.1 Å². The highest BCUT2D eigenvalue weighted by Gasteiger charge is 2.27. The van der Waals surface area contributed by atoms with Crippen LogP contribution in [0.15, 0.2) is 60.0 Å². The van der Waals surface area contributed by atoms with Gasteiger partial charge < -0.3 is 14.2 Å².